The molecule has 0 bridgehead atoms. The smallest absolute Gasteiger partial charge is 0.261 e. The van der Waals surface area contributed by atoms with Crippen molar-refractivity contribution in [2.24, 2.45) is 0 Å². The third kappa shape index (κ3) is 8.42. The molecule has 0 saturated carbocycles. The zero-order chi connectivity index (χ0) is 27.5. The molecule has 38 heavy (non-hydrogen) atoms. The van der Waals surface area contributed by atoms with Gasteiger partial charge in [-0.3, -0.25) is 9.59 Å². The molecule has 0 aromatic heterocycles. The summed E-state index contributed by atoms with van der Waals surface area (Å²) >= 11 is 6.23. The molecule has 3 aromatic rings. The summed E-state index contributed by atoms with van der Waals surface area (Å²) in [5, 5.41) is 3.61. The van der Waals surface area contributed by atoms with Crippen molar-refractivity contribution in [1.82, 2.24) is 10.2 Å². The molecule has 0 saturated heterocycles. The van der Waals surface area contributed by atoms with Gasteiger partial charge in [0.05, 0.1) is 14.2 Å². The summed E-state index contributed by atoms with van der Waals surface area (Å²) in [4.78, 5) is 28.9. The number of amides is 2. The number of ether oxygens (including phenoxy) is 3. The fraction of sp³-hybridized carbons (Fsp3) is 0.333. The predicted molar refractivity (Wildman–Crippen MR) is 149 cm³/mol. The van der Waals surface area contributed by atoms with E-state index >= 15 is 0 Å². The van der Waals surface area contributed by atoms with Gasteiger partial charge in [-0.05, 0) is 36.6 Å². The zero-order valence-electron chi connectivity index (χ0n) is 22.3. The van der Waals surface area contributed by atoms with E-state index in [1.807, 2.05) is 56.3 Å². The number of carbonyl (C=O) groups excluding carboxylic acids is 2. The first-order valence-electron chi connectivity index (χ1n) is 12.6. The highest BCUT2D eigenvalue weighted by atomic mass is 35.5. The van der Waals surface area contributed by atoms with Crippen molar-refractivity contribution >= 4 is 23.4 Å². The van der Waals surface area contributed by atoms with Crippen LogP contribution in [-0.2, 0) is 22.6 Å². The van der Waals surface area contributed by atoms with Crippen LogP contribution in [0.4, 0.5) is 0 Å². The molecule has 2 amide bonds. The van der Waals surface area contributed by atoms with Gasteiger partial charge < -0.3 is 24.4 Å². The van der Waals surface area contributed by atoms with Gasteiger partial charge in [0.1, 0.15) is 23.3 Å². The Bertz CT molecular complexity index is 1180. The van der Waals surface area contributed by atoms with Gasteiger partial charge >= 0.3 is 0 Å². The number of rotatable bonds is 13. The lowest BCUT2D eigenvalue weighted by molar-refractivity contribution is -0.143. The molecule has 0 aliphatic heterocycles. The highest BCUT2D eigenvalue weighted by Crippen LogP contribution is 2.27. The topological polar surface area (TPSA) is 77.1 Å². The number of nitrogens with zero attached hydrogens (tertiary/aromatic N) is 1. The van der Waals surface area contributed by atoms with Crippen LogP contribution >= 0.6 is 11.6 Å². The van der Waals surface area contributed by atoms with Crippen LogP contribution in [0, 0.1) is 0 Å². The maximum absolute atomic E-state index is 13.7. The molecular weight excluding hydrogens is 504 g/mol. The van der Waals surface area contributed by atoms with Crippen LogP contribution in [0.15, 0.2) is 72.8 Å². The fourth-order valence-corrected chi connectivity index (χ4v) is 4.13. The molecule has 3 aromatic carbocycles. The summed E-state index contributed by atoms with van der Waals surface area (Å²) in [5.74, 6) is 0.935. The quantitative estimate of drug-likeness (QED) is 0.320. The number of nitrogens with one attached hydrogen (secondary N) is 1. The average Bonchev–Trinajstić information content (AvgIpc) is 2.93. The number of benzene rings is 3. The molecular formula is C30H35ClN2O5. The highest BCUT2D eigenvalue weighted by molar-refractivity contribution is 6.30. The maximum atomic E-state index is 13.7. The second kappa shape index (κ2) is 14.3. The molecule has 0 radical (unpaired) electrons. The van der Waals surface area contributed by atoms with Gasteiger partial charge in [-0.15, -0.1) is 0 Å². The summed E-state index contributed by atoms with van der Waals surface area (Å²) in [6.45, 7) is 3.86. The van der Waals surface area contributed by atoms with Crippen LogP contribution in [0.3, 0.4) is 0 Å². The summed E-state index contributed by atoms with van der Waals surface area (Å²) in [6, 6.07) is 21.2. The Labute approximate surface area is 229 Å². The summed E-state index contributed by atoms with van der Waals surface area (Å²) in [6.07, 6.45) is 1.12. The predicted octanol–water partition coefficient (Wildman–Crippen LogP) is 5.29. The van der Waals surface area contributed by atoms with Crippen LogP contribution in [0.5, 0.6) is 17.2 Å². The molecule has 0 aliphatic rings. The average molecular weight is 539 g/mol. The summed E-state index contributed by atoms with van der Waals surface area (Å²) in [5.41, 5.74) is 1.75. The standard InChI is InChI=1S/C30H35ClN2O5/c1-5-21(2)32-30(35)28(15-22-10-7-6-8-11-22)33(19-23-12-9-13-24(31)14-23)29(34)20-38-27-17-25(36-3)16-26(18-27)37-4/h6-14,16-18,21,28H,5,15,19-20H2,1-4H3,(H,32,35)/t21-,28+/m1/s1. The number of hydrogen-bond acceptors (Lipinski definition) is 5. The van der Waals surface area contributed by atoms with E-state index in [0.29, 0.717) is 28.7 Å². The Morgan fingerprint density at radius 1 is 0.895 bits per heavy atom. The lowest BCUT2D eigenvalue weighted by Crippen LogP contribution is -2.53. The molecule has 1 N–H and O–H groups in total. The number of halogens is 1. The van der Waals surface area contributed by atoms with Gasteiger partial charge in [-0.25, -0.2) is 0 Å². The third-order valence-corrected chi connectivity index (χ3v) is 6.44. The maximum Gasteiger partial charge on any atom is 0.261 e. The summed E-state index contributed by atoms with van der Waals surface area (Å²) < 4.78 is 16.5. The molecule has 3 rings (SSSR count). The van der Waals surface area contributed by atoms with E-state index in [0.717, 1.165) is 17.5 Å². The molecule has 0 aliphatic carbocycles. The van der Waals surface area contributed by atoms with Gasteiger partial charge in [0, 0.05) is 42.2 Å². The number of carbonyl (C=O) groups is 2. The third-order valence-electron chi connectivity index (χ3n) is 6.20. The van der Waals surface area contributed by atoms with Crippen LogP contribution in [0.2, 0.25) is 5.02 Å². The van der Waals surface area contributed by atoms with E-state index in [1.165, 1.54) is 0 Å². The molecule has 0 unspecified atom stereocenters. The number of methoxy groups -OCH3 is 2. The first-order chi connectivity index (χ1) is 18.3. The van der Waals surface area contributed by atoms with Gasteiger partial charge in [0.25, 0.3) is 5.91 Å². The summed E-state index contributed by atoms with van der Waals surface area (Å²) in [7, 11) is 3.08. The molecule has 202 valence electrons. The zero-order valence-corrected chi connectivity index (χ0v) is 23.0. The second-order valence-electron chi connectivity index (χ2n) is 9.01. The SMILES string of the molecule is CC[C@@H](C)NC(=O)[C@H](Cc1ccccc1)N(Cc1cccc(Cl)c1)C(=O)COc1cc(OC)cc(OC)c1. The lowest BCUT2D eigenvalue weighted by atomic mass is 10.0. The van der Waals surface area contributed by atoms with E-state index in [9.17, 15) is 9.59 Å². The Morgan fingerprint density at radius 3 is 2.13 bits per heavy atom. The van der Waals surface area contributed by atoms with Crippen molar-refractivity contribution in [3.8, 4) is 17.2 Å². The Morgan fingerprint density at radius 2 is 1.53 bits per heavy atom. The second-order valence-corrected chi connectivity index (χ2v) is 9.45. The first kappa shape index (κ1) is 28.9. The van der Waals surface area contributed by atoms with Crippen molar-refractivity contribution in [2.45, 2.75) is 45.3 Å². The van der Waals surface area contributed by atoms with Crippen molar-refractivity contribution in [3.63, 3.8) is 0 Å². The lowest BCUT2D eigenvalue weighted by Gasteiger charge is -2.32. The molecule has 0 heterocycles. The molecule has 8 heteroatoms. The van der Waals surface area contributed by atoms with Crippen LogP contribution < -0.4 is 19.5 Å². The molecule has 7 nitrogen and oxygen atoms in total. The van der Waals surface area contributed by atoms with Crippen molar-refractivity contribution in [3.05, 3.63) is 88.9 Å². The monoisotopic (exact) mass is 538 g/mol. The van der Waals surface area contributed by atoms with E-state index in [-0.39, 0.29) is 31.0 Å². The minimum atomic E-state index is -0.763. The van der Waals surface area contributed by atoms with E-state index in [4.69, 9.17) is 25.8 Å². The van der Waals surface area contributed by atoms with Gasteiger partial charge in [-0.1, -0.05) is 61.0 Å². The van der Waals surface area contributed by atoms with Gasteiger partial charge in [0.2, 0.25) is 5.91 Å². The fourth-order valence-electron chi connectivity index (χ4n) is 3.92. The Hall–Kier alpha value is -3.71. The Kier molecular flexibility index (Phi) is 10.8. The van der Waals surface area contributed by atoms with Crippen LogP contribution in [0.25, 0.3) is 0 Å². The molecule has 2 atom stereocenters. The Balaban J connectivity index is 1.93. The van der Waals surface area contributed by atoms with Crippen molar-refractivity contribution in [2.75, 3.05) is 20.8 Å². The first-order valence-corrected chi connectivity index (χ1v) is 12.9. The largest absolute Gasteiger partial charge is 0.496 e. The number of hydrogen-bond donors (Lipinski definition) is 1. The van der Waals surface area contributed by atoms with E-state index in [1.54, 1.807) is 49.5 Å². The van der Waals surface area contributed by atoms with E-state index < -0.39 is 6.04 Å². The van der Waals surface area contributed by atoms with Crippen molar-refractivity contribution in [1.29, 1.82) is 0 Å². The molecule has 0 spiro atoms. The van der Waals surface area contributed by atoms with Gasteiger partial charge in [-0.2, -0.15) is 0 Å². The minimum Gasteiger partial charge on any atom is -0.496 e. The van der Waals surface area contributed by atoms with Gasteiger partial charge in [0.15, 0.2) is 6.61 Å². The van der Waals surface area contributed by atoms with Crippen molar-refractivity contribution < 1.29 is 23.8 Å². The minimum absolute atomic E-state index is 0.0376. The normalized spacial score (nSPS) is 12.2. The molecule has 0 fully saturated rings. The van der Waals surface area contributed by atoms with Crippen LogP contribution in [0.1, 0.15) is 31.4 Å². The van der Waals surface area contributed by atoms with Crippen LogP contribution in [-0.4, -0.2) is 49.6 Å². The van der Waals surface area contributed by atoms with E-state index in [2.05, 4.69) is 5.32 Å². The highest BCUT2D eigenvalue weighted by Gasteiger charge is 2.31.